The number of hydrogen-bond acceptors (Lipinski definition) is 5. The van der Waals surface area contributed by atoms with E-state index in [0.717, 1.165) is 11.3 Å². The fourth-order valence-corrected chi connectivity index (χ4v) is 2.61. The molecule has 0 aliphatic heterocycles. The lowest BCUT2D eigenvalue weighted by Gasteiger charge is -2.12. The van der Waals surface area contributed by atoms with E-state index in [4.69, 9.17) is 4.55 Å². The van der Waals surface area contributed by atoms with Crippen molar-refractivity contribution >= 4 is 28.4 Å². The number of aromatic nitrogens is 2. The van der Waals surface area contributed by atoms with Crippen LogP contribution in [-0.2, 0) is 16.8 Å². The molecule has 2 aromatic rings. The fraction of sp³-hybridized carbons (Fsp3) is 0.267. The smallest absolute Gasteiger partial charge is 0.274 e. The second-order valence-corrected chi connectivity index (χ2v) is 5.99. The Morgan fingerprint density at radius 1 is 1.22 bits per heavy atom. The van der Waals surface area contributed by atoms with Crippen LogP contribution in [-0.4, -0.2) is 31.7 Å². The number of carbonyl (C=O) groups excluding carboxylic acids is 1. The summed E-state index contributed by atoms with van der Waals surface area (Å²) >= 11 is -2.05. The van der Waals surface area contributed by atoms with Crippen molar-refractivity contribution in [2.24, 2.45) is 0 Å². The highest BCUT2D eigenvalue weighted by molar-refractivity contribution is 7.78. The van der Waals surface area contributed by atoms with Gasteiger partial charge in [0.05, 0.1) is 23.3 Å². The summed E-state index contributed by atoms with van der Waals surface area (Å²) < 4.78 is 20.2. The van der Waals surface area contributed by atoms with Gasteiger partial charge in [0.15, 0.2) is 11.1 Å². The first-order valence-electron chi connectivity index (χ1n) is 6.89. The van der Waals surface area contributed by atoms with E-state index < -0.39 is 17.0 Å². The minimum atomic E-state index is -2.05. The number of anilines is 2. The van der Waals surface area contributed by atoms with Crippen LogP contribution >= 0.6 is 0 Å². The first-order chi connectivity index (χ1) is 10.9. The van der Waals surface area contributed by atoms with Crippen molar-refractivity contribution in [3.8, 4) is 0 Å². The molecule has 0 fully saturated rings. The largest absolute Gasteiger partial charge is 0.385 e. The number of carbonyl (C=O) groups is 1. The zero-order valence-corrected chi connectivity index (χ0v) is 13.9. The van der Waals surface area contributed by atoms with Gasteiger partial charge < -0.3 is 15.2 Å². The monoisotopic (exact) mass is 334 g/mol. The summed E-state index contributed by atoms with van der Waals surface area (Å²) in [4.78, 5) is 20.8. The van der Waals surface area contributed by atoms with Crippen molar-refractivity contribution in [1.82, 2.24) is 9.97 Å². The second-order valence-electron chi connectivity index (χ2n) is 5.06. The van der Waals surface area contributed by atoms with Crippen molar-refractivity contribution in [2.75, 3.05) is 17.7 Å². The Balaban J connectivity index is 2.34. The van der Waals surface area contributed by atoms with Crippen LogP contribution in [0.5, 0.6) is 0 Å². The summed E-state index contributed by atoms with van der Waals surface area (Å²) in [5.74, 6) is -0.585. The highest BCUT2D eigenvalue weighted by atomic mass is 32.2. The molecule has 7 nitrogen and oxygen atoms in total. The third-order valence-corrected chi connectivity index (χ3v) is 3.71. The number of nitrogens with one attached hydrogen (secondary N) is 2. The summed E-state index contributed by atoms with van der Waals surface area (Å²) in [7, 11) is 1.73. The molecule has 3 N–H and O–H groups in total. The van der Waals surface area contributed by atoms with E-state index in [1.54, 1.807) is 31.6 Å². The van der Waals surface area contributed by atoms with Crippen LogP contribution in [0.2, 0.25) is 0 Å². The lowest BCUT2D eigenvalue weighted by Crippen LogP contribution is -2.18. The maximum Gasteiger partial charge on any atom is 0.274 e. The summed E-state index contributed by atoms with van der Waals surface area (Å²) in [6.07, 6.45) is 3.17. The predicted octanol–water partition coefficient (Wildman–Crippen LogP) is 2.11. The molecule has 2 aromatic heterocycles. The molecular formula is C15H18N4O3S. The lowest BCUT2D eigenvalue weighted by molar-refractivity contribution is 0.102. The Morgan fingerprint density at radius 3 is 2.61 bits per heavy atom. The van der Waals surface area contributed by atoms with Crippen LogP contribution in [0.15, 0.2) is 24.5 Å². The molecule has 0 bridgehead atoms. The SMILES string of the molecule is CNc1cnc(C)cc1NC(=O)c1ncc(C)cc1CS(=O)O. The Labute approximate surface area is 136 Å². The van der Waals surface area contributed by atoms with Crippen molar-refractivity contribution in [1.29, 1.82) is 0 Å². The molecule has 0 spiro atoms. The molecule has 0 aliphatic carbocycles. The van der Waals surface area contributed by atoms with E-state index in [0.29, 0.717) is 16.9 Å². The number of nitrogens with zero attached hydrogens (tertiary/aromatic N) is 2. The molecule has 0 aliphatic rings. The van der Waals surface area contributed by atoms with Crippen LogP contribution in [0, 0.1) is 13.8 Å². The van der Waals surface area contributed by atoms with Crippen LogP contribution in [0.1, 0.15) is 27.3 Å². The normalized spacial score (nSPS) is 11.8. The number of hydrogen-bond donors (Lipinski definition) is 3. The fourth-order valence-electron chi connectivity index (χ4n) is 2.12. The Morgan fingerprint density at radius 2 is 1.96 bits per heavy atom. The van der Waals surface area contributed by atoms with E-state index >= 15 is 0 Å². The standard InChI is InChI=1S/C15H18N4O3S/c1-9-4-11(8-23(21)22)14(18-6-9)15(20)19-12-5-10(2)17-7-13(12)16-3/h4-7,16H,8H2,1-3H3,(H,21,22)(H,17,19,20). The summed E-state index contributed by atoms with van der Waals surface area (Å²) in [6.45, 7) is 3.63. The Hall–Kier alpha value is -2.32. The third kappa shape index (κ3) is 4.33. The Bertz CT molecular complexity index is 764. The first-order valence-corrected chi connectivity index (χ1v) is 8.17. The minimum Gasteiger partial charge on any atom is -0.385 e. The van der Waals surface area contributed by atoms with Gasteiger partial charge in [0.1, 0.15) is 5.69 Å². The van der Waals surface area contributed by atoms with Crippen molar-refractivity contribution in [2.45, 2.75) is 19.6 Å². The first kappa shape index (κ1) is 17.0. The van der Waals surface area contributed by atoms with E-state index in [2.05, 4.69) is 20.6 Å². The zero-order valence-electron chi connectivity index (χ0n) is 13.1. The molecule has 1 unspecified atom stereocenters. The zero-order chi connectivity index (χ0) is 17.0. The highest BCUT2D eigenvalue weighted by Gasteiger charge is 2.16. The molecule has 0 saturated heterocycles. The van der Waals surface area contributed by atoms with Crippen LogP contribution < -0.4 is 10.6 Å². The topological polar surface area (TPSA) is 104 Å². The third-order valence-electron chi connectivity index (χ3n) is 3.16. The molecule has 122 valence electrons. The van der Waals surface area contributed by atoms with Gasteiger partial charge in [-0.05, 0) is 31.0 Å². The van der Waals surface area contributed by atoms with Crippen LogP contribution in [0.25, 0.3) is 0 Å². The van der Waals surface area contributed by atoms with Gasteiger partial charge in [0.25, 0.3) is 5.91 Å². The molecule has 2 rings (SSSR count). The van der Waals surface area contributed by atoms with E-state index in [1.165, 1.54) is 0 Å². The van der Waals surface area contributed by atoms with E-state index in [-0.39, 0.29) is 11.4 Å². The average Bonchev–Trinajstić information content (AvgIpc) is 2.46. The average molecular weight is 334 g/mol. The van der Waals surface area contributed by atoms with Gasteiger partial charge in [0.2, 0.25) is 0 Å². The molecule has 8 heteroatoms. The highest BCUT2D eigenvalue weighted by Crippen LogP contribution is 2.22. The van der Waals surface area contributed by atoms with Gasteiger partial charge in [-0.2, -0.15) is 0 Å². The second kappa shape index (κ2) is 7.30. The summed E-state index contributed by atoms with van der Waals surface area (Å²) in [6, 6.07) is 3.43. The Kier molecular flexibility index (Phi) is 5.41. The van der Waals surface area contributed by atoms with Gasteiger partial charge in [0, 0.05) is 18.9 Å². The number of pyridine rings is 2. The number of amides is 1. The molecule has 0 radical (unpaired) electrons. The van der Waals surface area contributed by atoms with Crippen LogP contribution in [0.3, 0.4) is 0 Å². The molecule has 2 heterocycles. The van der Waals surface area contributed by atoms with Crippen LogP contribution in [0.4, 0.5) is 11.4 Å². The van der Waals surface area contributed by atoms with Gasteiger partial charge in [-0.1, -0.05) is 6.07 Å². The van der Waals surface area contributed by atoms with Crippen molar-refractivity contribution in [3.63, 3.8) is 0 Å². The molecular weight excluding hydrogens is 316 g/mol. The number of rotatable bonds is 5. The van der Waals surface area contributed by atoms with E-state index in [1.807, 2.05) is 13.8 Å². The van der Waals surface area contributed by atoms with Crippen molar-refractivity contribution in [3.05, 3.63) is 47.0 Å². The van der Waals surface area contributed by atoms with Gasteiger partial charge in [-0.3, -0.25) is 14.8 Å². The van der Waals surface area contributed by atoms with Gasteiger partial charge in [-0.25, -0.2) is 4.21 Å². The lowest BCUT2D eigenvalue weighted by atomic mass is 10.1. The molecule has 0 saturated carbocycles. The molecule has 0 aromatic carbocycles. The quantitative estimate of drug-likeness (QED) is 0.724. The molecule has 1 amide bonds. The molecule has 23 heavy (non-hydrogen) atoms. The predicted molar refractivity (Wildman–Crippen MR) is 89.9 cm³/mol. The maximum absolute atomic E-state index is 12.5. The van der Waals surface area contributed by atoms with E-state index in [9.17, 15) is 9.00 Å². The maximum atomic E-state index is 12.5. The van der Waals surface area contributed by atoms with Gasteiger partial charge >= 0.3 is 0 Å². The summed E-state index contributed by atoms with van der Waals surface area (Å²) in [5.41, 5.74) is 3.38. The summed E-state index contributed by atoms with van der Waals surface area (Å²) in [5, 5.41) is 5.72. The molecule has 1 atom stereocenters. The van der Waals surface area contributed by atoms with Gasteiger partial charge in [-0.15, -0.1) is 0 Å². The number of aryl methyl sites for hydroxylation is 2. The minimum absolute atomic E-state index is 0.134. The van der Waals surface area contributed by atoms with Crippen molar-refractivity contribution < 1.29 is 13.6 Å².